The fourth-order valence-electron chi connectivity index (χ4n) is 3.02. The number of fused-ring (bicyclic) bond motifs is 1. The predicted molar refractivity (Wildman–Crippen MR) is 115 cm³/mol. The number of hydrogen-bond acceptors (Lipinski definition) is 5. The van der Waals surface area contributed by atoms with Crippen LogP contribution in [-0.4, -0.2) is 24.0 Å². The number of ether oxygens (including phenoxy) is 2. The summed E-state index contributed by atoms with van der Waals surface area (Å²) in [6.07, 6.45) is -1.02. The van der Waals surface area contributed by atoms with Crippen molar-refractivity contribution in [3.05, 3.63) is 77.1 Å². The molecule has 0 aliphatic heterocycles. The molecule has 0 fully saturated rings. The minimum atomic E-state index is -1.34. The van der Waals surface area contributed by atoms with E-state index >= 15 is 0 Å². The number of rotatable bonds is 6. The van der Waals surface area contributed by atoms with E-state index in [2.05, 4.69) is 4.98 Å². The number of halogens is 4. The van der Waals surface area contributed by atoms with Gasteiger partial charge in [0.05, 0.1) is 5.69 Å². The van der Waals surface area contributed by atoms with Crippen LogP contribution in [0.5, 0.6) is 17.6 Å². The minimum absolute atomic E-state index is 0.0275. The lowest BCUT2D eigenvalue weighted by Crippen LogP contribution is -2.38. The van der Waals surface area contributed by atoms with E-state index in [1.54, 1.807) is 42.5 Å². The maximum atomic E-state index is 14.0. The van der Waals surface area contributed by atoms with Crippen molar-refractivity contribution >= 4 is 34.3 Å². The second-order valence-electron chi connectivity index (χ2n) is 7.04. The highest BCUT2D eigenvalue weighted by atomic mass is 35.5. The van der Waals surface area contributed by atoms with Crippen molar-refractivity contribution in [2.45, 2.75) is 13.0 Å². The summed E-state index contributed by atoms with van der Waals surface area (Å²) in [4.78, 5) is 17.6. The number of aromatic nitrogens is 1. The summed E-state index contributed by atoms with van der Waals surface area (Å²) in [6, 6.07) is 12.3. The summed E-state index contributed by atoms with van der Waals surface area (Å²) in [5.74, 6) is -3.61. The number of anilines is 1. The lowest BCUT2D eigenvalue weighted by Gasteiger charge is -2.22. The van der Waals surface area contributed by atoms with Gasteiger partial charge in [-0.2, -0.15) is 4.98 Å². The summed E-state index contributed by atoms with van der Waals surface area (Å²) in [5, 5.41) is 0.508. The van der Waals surface area contributed by atoms with E-state index in [1.807, 2.05) is 0 Å². The number of carbonyl (C=O) groups excluding carboxylic acids is 1. The largest absolute Gasteiger partial charge is 0.481 e. The number of oxazole rings is 1. The fraction of sp³-hybridized carbons (Fsp3) is 0.130. The Bertz CT molecular complexity index is 1330. The highest BCUT2D eigenvalue weighted by Crippen LogP contribution is 2.29. The molecule has 1 heterocycles. The summed E-state index contributed by atoms with van der Waals surface area (Å²) >= 11 is 5.92. The minimum Gasteiger partial charge on any atom is -0.481 e. The van der Waals surface area contributed by atoms with Gasteiger partial charge in [0.15, 0.2) is 23.3 Å². The number of benzene rings is 3. The smallest absolute Gasteiger partial charge is 0.400 e. The van der Waals surface area contributed by atoms with E-state index in [-0.39, 0.29) is 6.08 Å². The molecule has 10 heteroatoms. The zero-order chi connectivity index (χ0) is 23.7. The van der Waals surface area contributed by atoms with E-state index < -0.39 is 35.2 Å². The van der Waals surface area contributed by atoms with Gasteiger partial charge in [0.1, 0.15) is 22.8 Å². The first-order chi connectivity index (χ1) is 15.7. The van der Waals surface area contributed by atoms with Crippen molar-refractivity contribution in [1.82, 2.24) is 4.98 Å². The van der Waals surface area contributed by atoms with E-state index in [1.165, 1.54) is 14.0 Å². The van der Waals surface area contributed by atoms with Crippen LogP contribution in [0.15, 0.2) is 59.0 Å². The topological polar surface area (TPSA) is 64.8 Å². The first-order valence-corrected chi connectivity index (χ1v) is 10.0. The maximum Gasteiger partial charge on any atom is 0.400 e. The quantitative estimate of drug-likeness (QED) is 0.314. The van der Waals surface area contributed by atoms with Gasteiger partial charge in [-0.15, -0.1) is 0 Å². The first kappa shape index (κ1) is 22.5. The van der Waals surface area contributed by atoms with Crippen molar-refractivity contribution in [3.8, 4) is 17.6 Å². The molecular formula is C23H16ClF3N2O4. The molecule has 4 rings (SSSR count). The van der Waals surface area contributed by atoms with Crippen LogP contribution in [-0.2, 0) is 4.79 Å². The van der Waals surface area contributed by atoms with Crippen LogP contribution >= 0.6 is 11.6 Å². The average Bonchev–Trinajstić information content (AvgIpc) is 3.17. The highest BCUT2D eigenvalue weighted by molar-refractivity contribution is 6.31. The summed E-state index contributed by atoms with van der Waals surface area (Å²) in [5.41, 5.74) is 0.660. The zero-order valence-electron chi connectivity index (χ0n) is 17.3. The Hall–Kier alpha value is -3.72. The molecule has 6 nitrogen and oxygen atoms in total. The third-order valence-corrected chi connectivity index (χ3v) is 4.94. The van der Waals surface area contributed by atoms with Gasteiger partial charge in [-0.1, -0.05) is 11.6 Å². The molecule has 0 aliphatic carbocycles. The molecule has 0 radical (unpaired) electrons. The molecule has 1 atom stereocenters. The second-order valence-corrected chi connectivity index (χ2v) is 7.48. The first-order valence-electron chi connectivity index (χ1n) is 9.64. The molecule has 33 heavy (non-hydrogen) atoms. The molecule has 0 bridgehead atoms. The van der Waals surface area contributed by atoms with Crippen LogP contribution in [0.3, 0.4) is 0 Å². The Kier molecular flexibility index (Phi) is 6.15. The molecule has 3 aromatic carbocycles. The summed E-state index contributed by atoms with van der Waals surface area (Å²) in [6.45, 7) is 1.45. The Balaban J connectivity index is 1.41. The van der Waals surface area contributed by atoms with E-state index in [9.17, 15) is 18.0 Å². The van der Waals surface area contributed by atoms with Crippen LogP contribution in [0, 0.1) is 17.5 Å². The average molecular weight is 477 g/mol. The molecule has 1 unspecified atom stereocenters. The van der Waals surface area contributed by atoms with Crippen molar-refractivity contribution < 1.29 is 31.9 Å². The van der Waals surface area contributed by atoms with E-state index in [0.29, 0.717) is 39.8 Å². The number of amides is 1. The molecule has 1 aromatic heterocycles. The van der Waals surface area contributed by atoms with Crippen molar-refractivity contribution in [1.29, 1.82) is 0 Å². The van der Waals surface area contributed by atoms with Gasteiger partial charge in [-0.25, -0.2) is 13.2 Å². The number of carbonyl (C=O) groups is 1. The van der Waals surface area contributed by atoms with Crippen molar-refractivity contribution in [2.24, 2.45) is 0 Å². The van der Waals surface area contributed by atoms with Crippen LogP contribution in [0.4, 0.5) is 18.9 Å². The Morgan fingerprint density at radius 3 is 2.39 bits per heavy atom. The van der Waals surface area contributed by atoms with Gasteiger partial charge in [-0.05, 0) is 43.3 Å². The lowest BCUT2D eigenvalue weighted by atomic mass is 10.2. The predicted octanol–water partition coefficient (Wildman–Crippen LogP) is 6.12. The van der Waals surface area contributed by atoms with Crippen molar-refractivity contribution in [2.75, 3.05) is 11.9 Å². The van der Waals surface area contributed by atoms with Gasteiger partial charge in [0, 0.05) is 30.3 Å². The molecule has 0 spiro atoms. The molecule has 0 saturated carbocycles. The zero-order valence-corrected chi connectivity index (χ0v) is 18.1. The van der Waals surface area contributed by atoms with Gasteiger partial charge in [0.25, 0.3) is 5.91 Å². The van der Waals surface area contributed by atoms with E-state index in [0.717, 1.165) is 4.90 Å². The van der Waals surface area contributed by atoms with Crippen molar-refractivity contribution in [3.63, 3.8) is 0 Å². The molecule has 0 saturated heterocycles. The molecule has 0 N–H and O–H groups in total. The summed E-state index contributed by atoms with van der Waals surface area (Å²) in [7, 11) is 1.24. The molecule has 4 aromatic rings. The molecule has 170 valence electrons. The van der Waals surface area contributed by atoms with Crippen LogP contribution < -0.4 is 14.4 Å². The SMILES string of the molecule is CC(Oc1ccc(Oc2nc3ccc(Cl)cc3o2)cc1)C(=O)N(C)c1cc(F)c(F)cc1F. The maximum absolute atomic E-state index is 14.0. The Morgan fingerprint density at radius 2 is 1.67 bits per heavy atom. The van der Waals surface area contributed by atoms with E-state index in [4.69, 9.17) is 25.5 Å². The lowest BCUT2D eigenvalue weighted by molar-refractivity contribution is -0.124. The van der Waals surface area contributed by atoms with Gasteiger partial charge in [-0.3, -0.25) is 4.79 Å². The number of likely N-dealkylation sites (N-methyl/N-ethyl adjacent to an activating group) is 1. The van der Waals surface area contributed by atoms with Crippen LogP contribution in [0.25, 0.3) is 11.1 Å². The molecule has 1 amide bonds. The Morgan fingerprint density at radius 1 is 1.00 bits per heavy atom. The molecule has 0 aliphatic rings. The molecular weight excluding hydrogens is 461 g/mol. The number of nitrogens with zero attached hydrogens (tertiary/aromatic N) is 2. The standard InChI is InChI=1S/C23H16ClF3N2O4/c1-12(22(30)29(2)20-11-17(26)16(25)10-18(20)27)31-14-4-6-15(7-5-14)32-23-28-19-8-3-13(24)9-21(19)33-23/h3-12H,1-2H3. The number of hydrogen-bond donors (Lipinski definition) is 0. The Labute approximate surface area is 191 Å². The van der Waals surface area contributed by atoms with Gasteiger partial charge >= 0.3 is 6.08 Å². The third-order valence-electron chi connectivity index (χ3n) is 4.70. The summed E-state index contributed by atoms with van der Waals surface area (Å²) < 4.78 is 57.2. The monoisotopic (exact) mass is 476 g/mol. The van der Waals surface area contributed by atoms with Gasteiger partial charge in [0.2, 0.25) is 0 Å². The fourth-order valence-corrected chi connectivity index (χ4v) is 3.19. The highest BCUT2D eigenvalue weighted by Gasteiger charge is 2.24. The van der Waals surface area contributed by atoms with Gasteiger partial charge < -0.3 is 18.8 Å². The van der Waals surface area contributed by atoms with Crippen LogP contribution in [0.1, 0.15) is 6.92 Å². The third kappa shape index (κ3) is 4.88. The normalized spacial score (nSPS) is 11.9. The second kappa shape index (κ2) is 9.03. The van der Waals surface area contributed by atoms with Crippen LogP contribution in [0.2, 0.25) is 5.02 Å².